The predicted molar refractivity (Wildman–Crippen MR) is 81.1 cm³/mol. The number of halogens is 1. The van der Waals surface area contributed by atoms with Gasteiger partial charge in [-0.15, -0.1) is 10.2 Å². The number of aromatic nitrogens is 3. The van der Waals surface area contributed by atoms with Crippen molar-refractivity contribution in [3.05, 3.63) is 60.1 Å². The van der Waals surface area contributed by atoms with Crippen LogP contribution in [0.1, 0.15) is 16.4 Å². The van der Waals surface area contributed by atoms with Crippen LogP contribution in [0.2, 0.25) is 0 Å². The Kier molecular flexibility index (Phi) is 4.18. The minimum atomic E-state index is -0.318. The van der Waals surface area contributed by atoms with Gasteiger partial charge in [-0.25, -0.2) is 4.39 Å². The van der Waals surface area contributed by atoms with E-state index in [1.807, 2.05) is 7.05 Å². The van der Waals surface area contributed by atoms with Crippen molar-refractivity contribution in [2.75, 3.05) is 6.54 Å². The lowest BCUT2D eigenvalue weighted by molar-refractivity contribution is 0.0927. The van der Waals surface area contributed by atoms with E-state index in [1.54, 1.807) is 35.2 Å². The molecule has 0 fully saturated rings. The van der Waals surface area contributed by atoms with Crippen molar-refractivity contribution in [1.82, 2.24) is 20.1 Å². The van der Waals surface area contributed by atoms with Crippen LogP contribution in [0.5, 0.6) is 0 Å². The largest absolute Gasteiger partial charge is 0.451 e. The molecule has 0 aliphatic rings. The lowest BCUT2D eigenvalue weighted by Gasteiger charge is -2.03. The molecule has 0 spiro atoms. The lowest BCUT2D eigenvalue weighted by atomic mass is 10.2. The van der Waals surface area contributed by atoms with Crippen molar-refractivity contribution < 1.29 is 13.6 Å². The number of amides is 1. The molecule has 1 N–H and O–H groups in total. The average Bonchev–Trinajstić information content (AvgIpc) is 3.18. The van der Waals surface area contributed by atoms with Gasteiger partial charge in [0.15, 0.2) is 5.76 Å². The fraction of sp³-hybridized carbons (Fsp3) is 0.188. The number of rotatable bonds is 5. The van der Waals surface area contributed by atoms with Crippen LogP contribution in [0.4, 0.5) is 4.39 Å². The smallest absolute Gasteiger partial charge is 0.287 e. The van der Waals surface area contributed by atoms with E-state index in [2.05, 4.69) is 15.5 Å². The topological polar surface area (TPSA) is 73.0 Å². The molecule has 3 rings (SSSR count). The van der Waals surface area contributed by atoms with Crippen LogP contribution in [0, 0.1) is 5.82 Å². The zero-order valence-electron chi connectivity index (χ0n) is 12.5. The molecule has 3 aromatic rings. The third kappa shape index (κ3) is 3.45. The van der Waals surface area contributed by atoms with Gasteiger partial charge in [0.1, 0.15) is 23.7 Å². The summed E-state index contributed by atoms with van der Waals surface area (Å²) in [6.07, 6.45) is 2.19. The normalized spacial score (nSPS) is 10.7. The quantitative estimate of drug-likeness (QED) is 0.783. The molecule has 7 heteroatoms. The predicted octanol–water partition coefficient (Wildman–Crippen LogP) is 2.19. The van der Waals surface area contributed by atoms with Crippen molar-refractivity contribution in [2.45, 2.75) is 6.42 Å². The third-order valence-corrected chi connectivity index (χ3v) is 3.40. The number of carbonyl (C=O) groups excluding carboxylic acids is 1. The van der Waals surface area contributed by atoms with Crippen molar-refractivity contribution in [2.24, 2.45) is 7.05 Å². The summed E-state index contributed by atoms with van der Waals surface area (Å²) in [5, 5.41) is 10.5. The molecule has 0 bridgehead atoms. The van der Waals surface area contributed by atoms with E-state index in [9.17, 15) is 9.18 Å². The number of hydrogen-bond donors (Lipinski definition) is 1. The maximum atomic E-state index is 12.9. The molecule has 0 saturated heterocycles. The molecule has 2 heterocycles. The number of benzene rings is 1. The minimum absolute atomic E-state index is 0.210. The fourth-order valence-electron chi connectivity index (χ4n) is 2.14. The maximum Gasteiger partial charge on any atom is 0.287 e. The Bertz CT molecular complexity index is 808. The summed E-state index contributed by atoms with van der Waals surface area (Å²) >= 11 is 0. The van der Waals surface area contributed by atoms with Gasteiger partial charge in [0.25, 0.3) is 5.91 Å². The average molecular weight is 314 g/mol. The highest BCUT2D eigenvalue weighted by atomic mass is 19.1. The van der Waals surface area contributed by atoms with Crippen molar-refractivity contribution in [1.29, 1.82) is 0 Å². The number of aryl methyl sites for hydroxylation is 1. The Morgan fingerprint density at radius 1 is 1.26 bits per heavy atom. The molecule has 0 aliphatic carbocycles. The minimum Gasteiger partial charge on any atom is -0.451 e. The van der Waals surface area contributed by atoms with Crippen LogP contribution >= 0.6 is 0 Å². The summed E-state index contributed by atoms with van der Waals surface area (Å²) in [6.45, 7) is 0.429. The SMILES string of the molecule is Cn1cnnc1CCNC(=O)c1ccc(-c2ccc(F)cc2)o1. The van der Waals surface area contributed by atoms with Crippen LogP contribution in [0.15, 0.2) is 47.1 Å². The molecule has 2 aromatic heterocycles. The first-order valence-electron chi connectivity index (χ1n) is 7.10. The summed E-state index contributed by atoms with van der Waals surface area (Å²) in [5.41, 5.74) is 0.713. The van der Waals surface area contributed by atoms with Crippen LogP contribution in [-0.4, -0.2) is 27.2 Å². The Morgan fingerprint density at radius 3 is 2.74 bits per heavy atom. The monoisotopic (exact) mass is 314 g/mol. The fourth-order valence-corrected chi connectivity index (χ4v) is 2.14. The van der Waals surface area contributed by atoms with Crippen LogP contribution in [0.25, 0.3) is 11.3 Å². The highest BCUT2D eigenvalue weighted by molar-refractivity contribution is 5.92. The first-order chi connectivity index (χ1) is 11.1. The highest BCUT2D eigenvalue weighted by Gasteiger charge is 2.12. The number of nitrogens with zero attached hydrogens (tertiary/aromatic N) is 3. The van der Waals surface area contributed by atoms with E-state index in [-0.39, 0.29) is 17.5 Å². The Labute approximate surface area is 132 Å². The van der Waals surface area contributed by atoms with Gasteiger partial charge in [-0.2, -0.15) is 0 Å². The molecule has 118 valence electrons. The van der Waals surface area contributed by atoms with E-state index in [4.69, 9.17) is 4.42 Å². The summed E-state index contributed by atoms with van der Waals surface area (Å²) in [4.78, 5) is 12.0. The van der Waals surface area contributed by atoms with Crippen molar-refractivity contribution >= 4 is 5.91 Å². The van der Waals surface area contributed by atoms with Gasteiger partial charge in [0.2, 0.25) is 0 Å². The second-order valence-electron chi connectivity index (χ2n) is 5.03. The number of hydrogen-bond acceptors (Lipinski definition) is 4. The summed E-state index contributed by atoms with van der Waals surface area (Å²) in [7, 11) is 1.85. The van der Waals surface area contributed by atoms with E-state index in [1.165, 1.54) is 12.1 Å². The van der Waals surface area contributed by atoms with Gasteiger partial charge in [-0.05, 0) is 36.4 Å². The molecule has 0 unspecified atom stereocenters. The van der Waals surface area contributed by atoms with Gasteiger partial charge < -0.3 is 14.3 Å². The lowest BCUT2D eigenvalue weighted by Crippen LogP contribution is -2.25. The molecule has 23 heavy (non-hydrogen) atoms. The molecular formula is C16H15FN4O2. The molecular weight excluding hydrogens is 299 g/mol. The summed E-state index contributed by atoms with van der Waals surface area (Å²) in [5.74, 6) is 0.894. The maximum absolute atomic E-state index is 12.9. The first-order valence-corrected chi connectivity index (χ1v) is 7.10. The Balaban J connectivity index is 1.60. The first kappa shape index (κ1) is 15.0. The number of nitrogens with one attached hydrogen (secondary N) is 1. The second-order valence-corrected chi connectivity index (χ2v) is 5.03. The summed E-state index contributed by atoms with van der Waals surface area (Å²) in [6, 6.07) is 9.17. The highest BCUT2D eigenvalue weighted by Crippen LogP contribution is 2.22. The third-order valence-electron chi connectivity index (χ3n) is 3.40. The van der Waals surface area contributed by atoms with Crippen LogP contribution in [0.3, 0.4) is 0 Å². The number of furan rings is 1. The van der Waals surface area contributed by atoms with Crippen molar-refractivity contribution in [3.8, 4) is 11.3 Å². The van der Waals surface area contributed by atoms with Crippen LogP contribution in [-0.2, 0) is 13.5 Å². The Morgan fingerprint density at radius 2 is 2.04 bits per heavy atom. The molecule has 0 radical (unpaired) electrons. The zero-order chi connectivity index (χ0) is 16.2. The molecule has 0 aliphatic heterocycles. The molecule has 6 nitrogen and oxygen atoms in total. The van der Waals surface area contributed by atoms with Crippen LogP contribution < -0.4 is 5.32 Å². The molecule has 0 saturated carbocycles. The van der Waals surface area contributed by atoms with Gasteiger partial charge in [-0.3, -0.25) is 4.79 Å². The van der Waals surface area contributed by atoms with Gasteiger partial charge >= 0.3 is 0 Å². The molecule has 1 aromatic carbocycles. The standard InChI is InChI=1S/C16H15FN4O2/c1-21-10-19-20-15(21)8-9-18-16(22)14-7-6-13(23-14)11-2-4-12(17)5-3-11/h2-7,10H,8-9H2,1H3,(H,18,22). The van der Waals surface area contributed by atoms with E-state index >= 15 is 0 Å². The molecule has 1 amide bonds. The van der Waals surface area contributed by atoms with E-state index in [0.717, 1.165) is 5.82 Å². The van der Waals surface area contributed by atoms with E-state index < -0.39 is 0 Å². The van der Waals surface area contributed by atoms with Crippen molar-refractivity contribution in [3.63, 3.8) is 0 Å². The Hall–Kier alpha value is -2.96. The van der Waals surface area contributed by atoms with Gasteiger partial charge in [0.05, 0.1) is 0 Å². The van der Waals surface area contributed by atoms with Gasteiger partial charge in [0, 0.05) is 25.6 Å². The van der Waals surface area contributed by atoms with Gasteiger partial charge in [-0.1, -0.05) is 0 Å². The zero-order valence-corrected chi connectivity index (χ0v) is 12.5. The summed E-state index contributed by atoms with van der Waals surface area (Å²) < 4.78 is 20.2. The number of carbonyl (C=O) groups is 1. The second kappa shape index (κ2) is 6.43. The molecule has 0 atom stereocenters. The van der Waals surface area contributed by atoms with E-state index in [0.29, 0.717) is 24.3 Å².